The van der Waals surface area contributed by atoms with Gasteiger partial charge in [0.25, 0.3) is 0 Å². The lowest BCUT2D eigenvalue weighted by atomic mass is 10.0. The highest BCUT2D eigenvalue weighted by molar-refractivity contribution is 5.72. The zero-order valence-corrected chi connectivity index (χ0v) is 11.6. The van der Waals surface area contributed by atoms with Crippen LogP contribution in [0.2, 0.25) is 0 Å². The van der Waals surface area contributed by atoms with Gasteiger partial charge in [-0.05, 0) is 43.5 Å². The Bertz CT molecular complexity index is 433. The lowest BCUT2D eigenvalue weighted by Crippen LogP contribution is -2.25. The van der Waals surface area contributed by atoms with E-state index in [1.54, 1.807) is 19.2 Å². The third kappa shape index (κ3) is 4.44. The van der Waals surface area contributed by atoms with E-state index in [2.05, 4.69) is 0 Å². The van der Waals surface area contributed by atoms with E-state index in [0.717, 1.165) is 12.0 Å². The maximum Gasteiger partial charge on any atom is 0.344 e. The van der Waals surface area contributed by atoms with Gasteiger partial charge in [-0.25, -0.2) is 4.79 Å². The van der Waals surface area contributed by atoms with Crippen LogP contribution < -0.4 is 15.2 Å². The molecule has 0 saturated carbocycles. The fraction of sp³-hybridized carbons (Fsp3) is 0.500. The van der Waals surface area contributed by atoms with E-state index in [1.807, 2.05) is 13.0 Å². The Balaban J connectivity index is 2.97. The van der Waals surface area contributed by atoms with Crippen molar-refractivity contribution in [3.8, 4) is 11.5 Å². The Morgan fingerprint density at radius 3 is 2.68 bits per heavy atom. The highest BCUT2D eigenvalue weighted by Gasteiger charge is 2.16. The van der Waals surface area contributed by atoms with Crippen molar-refractivity contribution >= 4 is 5.97 Å². The van der Waals surface area contributed by atoms with Gasteiger partial charge in [-0.3, -0.25) is 0 Å². The molecule has 0 aliphatic carbocycles. The molecule has 19 heavy (non-hydrogen) atoms. The van der Waals surface area contributed by atoms with Crippen LogP contribution in [0, 0.1) is 0 Å². The molecule has 0 spiro atoms. The van der Waals surface area contributed by atoms with Gasteiger partial charge in [-0.1, -0.05) is 6.92 Å². The fourth-order valence-corrected chi connectivity index (χ4v) is 1.62. The van der Waals surface area contributed by atoms with Crippen molar-refractivity contribution in [2.24, 2.45) is 5.73 Å². The van der Waals surface area contributed by atoms with Gasteiger partial charge >= 0.3 is 5.97 Å². The highest BCUT2D eigenvalue weighted by Crippen LogP contribution is 2.26. The summed E-state index contributed by atoms with van der Waals surface area (Å²) in [6.07, 6.45) is 0.561. The molecule has 0 aliphatic heterocycles. The van der Waals surface area contributed by atoms with Gasteiger partial charge in [0.05, 0.1) is 7.11 Å². The molecular weight excluding hydrogens is 246 g/mol. The summed E-state index contributed by atoms with van der Waals surface area (Å²) in [6, 6.07) is 5.30. The average molecular weight is 267 g/mol. The number of ether oxygens (including phenoxy) is 2. The number of carboxylic acid groups (broad SMARTS) is 1. The minimum Gasteiger partial charge on any atom is -0.497 e. The Labute approximate surface area is 113 Å². The number of carboxylic acids is 1. The predicted molar refractivity (Wildman–Crippen MR) is 72.7 cm³/mol. The van der Waals surface area contributed by atoms with Gasteiger partial charge in [0.2, 0.25) is 0 Å². The molecule has 106 valence electrons. The van der Waals surface area contributed by atoms with Crippen molar-refractivity contribution < 1.29 is 19.4 Å². The zero-order valence-electron chi connectivity index (χ0n) is 11.6. The van der Waals surface area contributed by atoms with E-state index in [4.69, 9.17) is 20.3 Å². The molecule has 2 atom stereocenters. The van der Waals surface area contributed by atoms with Gasteiger partial charge in [0.1, 0.15) is 11.5 Å². The number of carbonyl (C=O) groups is 1. The van der Waals surface area contributed by atoms with Crippen LogP contribution in [0.3, 0.4) is 0 Å². The van der Waals surface area contributed by atoms with Gasteiger partial charge < -0.3 is 20.3 Å². The summed E-state index contributed by atoms with van der Waals surface area (Å²) in [7, 11) is 1.58. The predicted octanol–water partition coefficient (Wildman–Crippen LogP) is 1.83. The topological polar surface area (TPSA) is 81.8 Å². The smallest absolute Gasteiger partial charge is 0.344 e. The summed E-state index contributed by atoms with van der Waals surface area (Å²) in [5.74, 6) is 0.245. The van der Waals surface area contributed by atoms with Crippen molar-refractivity contribution in [3.63, 3.8) is 0 Å². The molecule has 3 N–H and O–H groups in total. The van der Waals surface area contributed by atoms with Crippen LogP contribution in [0.25, 0.3) is 0 Å². The summed E-state index contributed by atoms with van der Waals surface area (Å²) in [5, 5.41) is 8.89. The van der Waals surface area contributed by atoms with Crippen LogP contribution in [0.15, 0.2) is 18.2 Å². The Kier molecular flexibility index (Phi) is 5.63. The molecule has 0 amide bonds. The van der Waals surface area contributed by atoms with Crippen LogP contribution in [0.4, 0.5) is 0 Å². The largest absolute Gasteiger partial charge is 0.497 e. The molecule has 0 heterocycles. The summed E-state index contributed by atoms with van der Waals surface area (Å²) in [6.45, 7) is 3.50. The van der Waals surface area contributed by atoms with Crippen molar-refractivity contribution in [2.45, 2.75) is 38.8 Å². The van der Waals surface area contributed by atoms with Crippen LogP contribution in [-0.4, -0.2) is 30.3 Å². The van der Waals surface area contributed by atoms with E-state index < -0.39 is 12.1 Å². The number of hydrogen-bond acceptors (Lipinski definition) is 4. The average Bonchev–Trinajstić information content (AvgIpc) is 2.40. The first-order chi connectivity index (χ1) is 8.97. The molecule has 0 bridgehead atoms. The summed E-state index contributed by atoms with van der Waals surface area (Å²) in [5.41, 5.74) is 6.81. The maximum absolute atomic E-state index is 10.8. The summed E-state index contributed by atoms with van der Waals surface area (Å²) in [4.78, 5) is 10.8. The fourth-order valence-electron chi connectivity index (χ4n) is 1.62. The van der Waals surface area contributed by atoms with Gasteiger partial charge in [-0.2, -0.15) is 0 Å². The zero-order chi connectivity index (χ0) is 14.4. The van der Waals surface area contributed by atoms with Crippen LogP contribution in [-0.2, 0) is 11.2 Å². The first-order valence-corrected chi connectivity index (χ1v) is 6.29. The van der Waals surface area contributed by atoms with Gasteiger partial charge in [-0.15, -0.1) is 0 Å². The molecule has 5 heteroatoms. The SMILES string of the molecule is CCC(N)Cc1cc(OC)ccc1OC(C)C(=O)O. The second-order valence-electron chi connectivity index (χ2n) is 4.44. The second-order valence-corrected chi connectivity index (χ2v) is 4.44. The van der Waals surface area contributed by atoms with Crippen molar-refractivity contribution in [3.05, 3.63) is 23.8 Å². The standard InChI is InChI=1S/C14H21NO4/c1-4-11(15)7-10-8-12(18-3)5-6-13(10)19-9(2)14(16)17/h5-6,8-9,11H,4,7,15H2,1-3H3,(H,16,17). The molecule has 0 fully saturated rings. The number of nitrogens with two attached hydrogens (primary N) is 1. The molecule has 0 aliphatic rings. The number of rotatable bonds is 7. The number of benzene rings is 1. The van der Waals surface area contributed by atoms with E-state index in [0.29, 0.717) is 17.9 Å². The molecule has 1 aromatic rings. The molecule has 0 saturated heterocycles. The van der Waals surface area contributed by atoms with E-state index in [9.17, 15) is 4.79 Å². The molecule has 2 unspecified atom stereocenters. The molecule has 1 aromatic carbocycles. The first kappa shape index (κ1) is 15.3. The maximum atomic E-state index is 10.8. The third-order valence-corrected chi connectivity index (χ3v) is 2.93. The van der Waals surface area contributed by atoms with Crippen LogP contribution in [0.5, 0.6) is 11.5 Å². The summed E-state index contributed by atoms with van der Waals surface area (Å²) >= 11 is 0. The van der Waals surface area contributed by atoms with Gasteiger partial charge in [0, 0.05) is 6.04 Å². The highest BCUT2D eigenvalue weighted by atomic mass is 16.5. The third-order valence-electron chi connectivity index (χ3n) is 2.93. The van der Waals surface area contributed by atoms with Crippen molar-refractivity contribution in [1.29, 1.82) is 0 Å². The molecule has 0 aromatic heterocycles. The summed E-state index contributed by atoms with van der Waals surface area (Å²) < 4.78 is 10.6. The number of aliphatic carboxylic acids is 1. The monoisotopic (exact) mass is 267 g/mol. The van der Waals surface area contributed by atoms with Crippen LogP contribution >= 0.6 is 0 Å². The Hall–Kier alpha value is -1.75. The Morgan fingerprint density at radius 2 is 2.16 bits per heavy atom. The number of methoxy groups -OCH3 is 1. The second kappa shape index (κ2) is 6.99. The molecular formula is C14H21NO4. The normalized spacial score (nSPS) is 13.7. The van der Waals surface area contributed by atoms with E-state index >= 15 is 0 Å². The van der Waals surface area contributed by atoms with E-state index in [1.165, 1.54) is 6.92 Å². The molecule has 0 radical (unpaired) electrons. The van der Waals surface area contributed by atoms with Crippen molar-refractivity contribution in [1.82, 2.24) is 0 Å². The molecule has 1 rings (SSSR count). The minimum absolute atomic E-state index is 0.00888. The van der Waals surface area contributed by atoms with Crippen molar-refractivity contribution in [2.75, 3.05) is 7.11 Å². The quantitative estimate of drug-likeness (QED) is 0.787. The molecule has 5 nitrogen and oxygen atoms in total. The van der Waals surface area contributed by atoms with Crippen LogP contribution in [0.1, 0.15) is 25.8 Å². The first-order valence-electron chi connectivity index (χ1n) is 6.29. The number of hydrogen-bond donors (Lipinski definition) is 2. The lowest BCUT2D eigenvalue weighted by molar-refractivity contribution is -0.144. The lowest BCUT2D eigenvalue weighted by Gasteiger charge is -2.17. The minimum atomic E-state index is -0.999. The van der Waals surface area contributed by atoms with Gasteiger partial charge in [0.15, 0.2) is 6.10 Å². The Morgan fingerprint density at radius 1 is 1.47 bits per heavy atom. The van der Waals surface area contributed by atoms with E-state index in [-0.39, 0.29) is 6.04 Å².